The molecule has 0 amide bonds. The minimum atomic E-state index is -0.611. The molecule has 0 spiro atoms. The molecule has 0 N–H and O–H groups in total. The summed E-state index contributed by atoms with van der Waals surface area (Å²) in [5.74, 6) is -0.264. The first kappa shape index (κ1) is 13.8. The number of benzene rings is 2. The normalized spacial score (nSPS) is 10.5. The van der Waals surface area contributed by atoms with Crippen LogP contribution in [0.25, 0.3) is 0 Å². The van der Waals surface area contributed by atoms with Gasteiger partial charge >= 0.3 is 0 Å². The van der Waals surface area contributed by atoms with Gasteiger partial charge in [0, 0.05) is 11.6 Å². The molecular formula is C15H13ClF2O. The number of rotatable bonds is 4. The Balaban J connectivity index is 2.14. The van der Waals surface area contributed by atoms with E-state index in [4.69, 9.17) is 16.3 Å². The van der Waals surface area contributed by atoms with Crippen molar-refractivity contribution in [2.75, 3.05) is 0 Å². The Kier molecular flexibility index (Phi) is 4.38. The highest BCUT2D eigenvalue weighted by atomic mass is 35.5. The van der Waals surface area contributed by atoms with E-state index in [1.54, 1.807) is 0 Å². The number of aryl methyl sites for hydroxylation is 1. The van der Waals surface area contributed by atoms with Gasteiger partial charge in [-0.1, -0.05) is 17.7 Å². The van der Waals surface area contributed by atoms with Crippen LogP contribution in [0.15, 0.2) is 36.4 Å². The lowest BCUT2D eigenvalue weighted by atomic mass is 10.1. The molecule has 0 saturated heterocycles. The van der Waals surface area contributed by atoms with Gasteiger partial charge < -0.3 is 4.74 Å². The van der Waals surface area contributed by atoms with Crippen LogP contribution in [-0.2, 0) is 12.5 Å². The van der Waals surface area contributed by atoms with Crippen molar-refractivity contribution in [3.05, 3.63) is 64.7 Å². The van der Waals surface area contributed by atoms with Crippen molar-refractivity contribution in [3.63, 3.8) is 0 Å². The molecule has 0 heterocycles. The van der Waals surface area contributed by atoms with Crippen molar-refractivity contribution in [3.8, 4) is 5.75 Å². The highest BCUT2D eigenvalue weighted by molar-refractivity contribution is 6.17. The van der Waals surface area contributed by atoms with Gasteiger partial charge in [0.1, 0.15) is 24.0 Å². The van der Waals surface area contributed by atoms with Gasteiger partial charge in [-0.3, -0.25) is 0 Å². The van der Waals surface area contributed by atoms with Crippen LogP contribution >= 0.6 is 11.6 Å². The molecule has 2 rings (SSSR count). The molecule has 0 radical (unpaired) electrons. The third kappa shape index (κ3) is 3.67. The van der Waals surface area contributed by atoms with Crippen LogP contribution in [0.4, 0.5) is 8.78 Å². The Morgan fingerprint density at radius 2 is 1.74 bits per heavy atom. The predicted molar refractivity (Wildman–Crippen MR) is 71.4 cm³/mol. The van der Waals surface area contributed by atoms with Crippen LogP contribution in [0.2, 0.25) is 0 Å². The molecule has 0 fully saturated rings. The van der Waals surface area contributed by atoms with Crippen LogP contribution < -0.4 is 4.74 Å². The summed E-state index contributed by atoms with van der Waals surface area (Å²) < 4.78 is 31.6. The van der Waals surface area contributed by atoms with Gasteiger partial charge in [-0.25, -0.2) is 8.78 Å². The molecule has 100 valence electrons. The van der Waals surface area contributed by atoms with E-state index in [0.717, 1.165) is 17.2 Å². The lowest BCUT2D eigenvalue weighted by Gasteiger charge is -2.11. The van der Waals surface area contributed by atoms with Crippen molar-refractivity contribution in [1.82, 2.24) is 0 Å². The second kappa shape index (κ2) is 6.02. The minimum Gasteiger partial charge on any atom is -0.489 e. The van der Waals surface area contributed by atoms with E-state index in [-0.39, 0.29) is 6.61 Å². The summed E-state index contributed by atoms with van der Waals surface area (Å²) in [7, 11) is 0. The molecule has 0 aliphatic heterocycles. The predicted octanol–water partition coefficient (Wildman–Crippen LogP) is 4.59. The van der Waals surface area contributed by atoms with Crippen molar-refractivity contribution >= 4 is 11.6 Å². The van der Waals surface area contributed by atoms with Gasteiger partial charge in [0.15, 0.2) is 0 Å². The summed E-state index contributed by atoms with van der Waals surface area (Å²) in [5, 5.41) is 0. The maximum Gasteiger partial charge on any atom is 0.126 e. The van der Waals surface area contributed by atoms with Crippen molar-refractivity contribution in [1.29, 1.82) is 0 Å². The first-order valence-electron chi connectivity index (χ1n) is 5.82. The monoisotopic (exact) mass is 282 g/mol. The third-order valence-corrected chi connectivity index (χ3v) is 2.96. The first-order chi connectivity index (χ1) is 9.08. The SMILES string of the molecule is Cc1ccc(OCc2cc(F)cc(F)c2)c(CCl)c1. The van der Waals surface area contributed by atoms with Gasteiger partial charge in [0.25, 0.3) is 0 Å². The third-order valence-electron chi connectivity index (χ3n) is 2.68. The summed E-state index contributed by atoms with van der Waals surface area (Å²) in [5.41, 5.74) is 2.39. The highest BCUT2D eigenvalue weighted by Crippen LogP contribution is 2.23. The largest absolute Gasteiger partial charge is 0.489 e. The summed E-state index contributed by atoms with van der Waals surface area (Å²) in [6.07, 6.45) is 0. The fourth-order valence-electron chi connectivity index (χ4n) is 1.81. The highest BCUT2D eigenvalue weighted by Gasteiger charge is 2.05. The number of ether oxygens (including phenoxy) is 1. The Morgan fingerprint density at radius 1 is 1.05 bits per heavy atom. The minimum absolute atomic E-state index is 0.0988. The molecule has 0 aromatic heterocycles. The Morgan fingerprint density at radius 3 is 2.37 bits per heavy atom. The molecular weight excluding hydrogens is 270 g/mol. The second-order valence-corrected chi connectivity index (χ2v) is 4.58. The van der Waals surface area contributed by atoms with Crippen LogP contribution in [0, 0.1) is 18.6 Å². The van der Waals surface area contributed by atoms with Crippen LogP contribution in [0.1, 0.15) is 16.7 Å². The van der Waals surface area contributed by atoms with E-state index in [9.17, 15) is 8.78 Å². The summed E-state index contributed by atoms with van der Waals surface area (Å²) in [6, 6.07) is 8.96. The zero-order chi connectivity index (χ0) is 13.8. The summed E-state index contributed by atoms with van der Waals surface area (Å²) in [4.78, 5) is 0. The molecule has 1 nitrogen and oxygen atoms in total. The first-order valence-corrected chi connectivity index (χ1v) is 6.35. The van der Waals surface area contributed by atoms with Crippen LogP contribution in [0.5, 0.6) is 5.75 Å². The summed E-state index contributed by atoms with van der Waals surface area (Å²) >= 11 is 5.84. The van der Waals surface area contributed by atoms with E-state index in [0.29, 0.717) is 17.2 Å². The smallest absolute Gasteiger partial charge is 0.126 e. The van der Waals surface area contributed by atoms with Gasteiger partial charge in [0.2, 0.25) is 0 Å². The molecule has 2 aromatic carbocycles. The van der Waals surface area contributed by atoms with E-state index in [1.165, 1.54) is 12.1 Å². The van der Waals surface area contributed by atoms with Crippen molar-refractivity contribution in [2.24, 2.45) is 0 Å². The molecule has 0 bridgehead atoms. The van der Waals surface area contributed by atoms with Gasteiger partial charge in [-0.15, -0.1) is 11.6 Å². The average Bonchev–Trinajstić information content (AvgIpc) is 2.36. The fraction of sp³-hybridized carbons (Fsp3) is 0.200. The Labute approximate surface area is 115 Å². The van der Waals surface area contributed by atoms with E-state index >= 15 is 0 Å². The van der Waals surface area contributed by atoms with E-state index < -0.39 is 11.6 Å². The number of hydrogen-bond acceptors (Lipinski definition) is 1. The molecule has 0 aliphatic carbocycles. The maximum atomic E-state index is 13.0. The average molecular weight is 283 g/mol. The second-order valence-electron chi connectivity index (χ2n) is 4.31. The topological polar surface area (TPSA) is 9.23 Å². The van der Waals surface area contributed by atoms with Crippen molar-refractivity contribution < 1.29 is 13.5 Å². The van der Waals surface area contributed by atoms with E-state index in [2.05, 4.69) is 0 Å². The zero-order valence-electron chi connectivity index (χ0n) is 10.4. The Hall–Kier alpha value is -1.61. The number of alkyl halides is 1. The van der Waals surface area contributed by atoms with Crippen LogP contribution in [0.3, 0.4) is 0 Å². The van der Waals surface area contributed by atoms with Gasteiger partial charge in [0.05, 0.1) is 5.88 Å². The lowest BCUT2D eigenvalue weighted by Crippen LogP contribution is -1.99. The molecule has 19 heavy (non-hydrogen) atoms. The number of hydrogen-bond donors (Lipinski definition) is 0. The summed E-state index contributed by atoms with van der Waals surface area (Å²) in [6.45, 7) is 2.06. The van der Waals surface area contributed by atoms with Gasteiger partial charge in [-0.2, -0.15) is 0 Å². The fourth-order valence-corrected chi connectivity index (χ4v) is 2.02. The molecule has 0 atom stereocenters. The molecule has 0 saturated carbocycles. The molecule has 0 aliphatic rings. The Bertz CT molecular complexity index is 564. The molecule has 2 aromatic rings. The maximum absolute atomic E-state index is 13.0. The van der Waals surface area contributed by atoms with Crippen molar-refractivity contribution in [2.45, 2.75) is 19.4 Å². The molecule has 4 heteroatoms. The zero-order valence-corrected chi connectivity index (χ0v) is 11.2. The van der Waals surface area contributed by atoms with Crippen LogP contribution in [-0.4, -0.2) is 0 Å². The lowest BCUT2D eigenvalue weighted by molar-refractivity contribution is 0.302. The molecule has 0 unspecified atom stereocenters. The quantitative estimate of drug-likeness (QED) is 0.745. The standard InChI is InChI=1S/C15H13ClF2O/c1-10-2-3-15(12(4-10)8-16)19-9-11-5-13(17)7-14(18)6-11/h2-7H,8-9H2,1H3. The van der Waals surface area contributed by atoms with E-state index in [1.807, 2.05) is 25.1 Å². The van der Waals surface area contributed by atoms with Gasteiger partial charge in [-0.05, 0) is 30.7 Å². The number of halogens is 3.